The summed E-state index contributed by atoms with van der Waals surface area (Å²) >= 11 is 9.60. The summed E-state index contributed by atoms with van der Waals surface area (Å²) in [5.74, 6) is 0.472. The van der Waals surface area contributed by atoms with Crippen LogP contribution in [-0.2, 0) is 11.4 Å². The SMILES string of the molecule is Cc1c(Cl)cccc1N=C1NC(=O)/C(=C\c2ccc(OCc3ccc([N+](=O)[O-])cc3)c(I)c2)S1. The highest BCUT2D eigenvalue weighted by Gasteiger charge is 2.24. The van der Waals surface area contributed by atoms with E-state index in [-0.39, 0.29) is 18.2 Å². The van der Waals surface area contributed by atoms with Gasteiger partial charge in [-0.05, 0) is 100 Å². The number of hydrogen-bond donors (Lipinski definition) is 1. The van der Waals surface area contributed by atoms with Gasteiger partial charge in [0.25, 0.3) is 11.6 Å². The molecule has 3 aromatic carbocycles. The third-order valence-electron chi connectivity index (χ3n) is 4.91. The predicted molar refractivity (Wildman–Crippen MR) is 144 cm³/mol. The fraction of sp³-hybridized carbons (Fsp3) is 0.0833. The van der Waals surface area contributed by atoms with Crippen LogP contribution in [0, 0.1) is 20.6 Å². The Morgan fingerprint density at radius 1 is 1.21 bits per heavy atom. The number of benzene rings is 3. The second-order valence-corrected chi connectivity index (χ2v) is 9.87. The summed E-state index contributed by atoms with van der Waals surface area (Å²) in [6, 6.07) is 17.3. The number of carbonyl (C=O) groups excluding carboxylic acids is 1. The van der Waals surface area contributed by atoms with Gasteiger partial charge in [0.1, 0.15) is 12.4 Å². The third-order valence-corrected chi connectivity index (χ3v) is 7.07. The molecule has 0 unspecified atom stereocenters. The Morgan fingerprint density at radius 2 is 1.97 bits per heavy atom. The van der Waals surface area contributed by atoms with Crippen molar-refractivity contribution in [3.63, 3.8) is 0 Å². The lowest BCUT2D eigenvalue weighted by Gasteiger charge is -2.09. The highest BCUT2D eigenvalue weighted by atomic mass is 127. The highest BCUT2D eigenvalue weighted by molar-refractivity contribution is 14.1. The van der Waals surface area contributed by atoms with Crippen LogP contribution >= 0.6 is 46.0 Å². The van der Waals surface area contributed by atoms with Crippen LogP contribution in [-0.4, -0.2) is 16.0 Å². The number of rotatable bonds is 6. The number of ether oxygens (including phenoxy) is 1. The second kappa shape index (κ2) is 10.6. The largest absolute Gasteiger partial charge is 0.488 e. The van der Waals surface area contributed by atoms with Gasteiger partial charge >= 0.3 is 0 Å². The van der Waals surface area contributed by atoms with Crippen molar-refractivity contribution in [3.8, 4) is 5.75 Å². The summed E-state index contributed by atoms with van der Waals surface area (Å²) in [7, 11) is 0. The zero-order chi connectivity index (χ0) is 24.2. The van der Waals surface area contributed by atoms with Gasteiger partial charge in [-0.25, -0.2) is 4.99 Å². The van der Waals surface area contributed by atoms with E-state index in [9.17, 15) is 14.9 Å². The lowest BCUT2D eigenvalue weighted by Crippen LogP contribution is -2.19. The number of carbonyl (C=O) groups is 1. The van der Waals surface area contributed by atoms with Crippen molar-refractivity contribution in [2.45, 2.75) is 13.5 Å². The molecule has 1 amide bonds. The van der Waals surface area contributed by atoms with Crippen molar-refractivity contribution in [2.24, 2.45) is 4.99 Å². The molecule has 34 heavy (non-hydrogen) atoms. The Kier molecular flexibility index (Phi) is 7.54. The second-order valence-electron chi connectivity index (χ2n) is 7.27. The van der Waals surface area contributed by atoms with Crippen molar-refractivity contribution in [2.75, 3.05) is 0 Å². The Labute approximate surface area is 218 Å². The van der Waals surface area contributed by atoms with Crippen LogP contribution in [0.1, 0.15) is 16.7 Å². The van der Waals surface area contributed by atoms with Crippen LogP contribution in [0.2, 0.25) is 5.02 Å². The fourth-order valence-corrected chi connectivity index (χ4v) is 4.76. The van der Waals surface area contributed by atoms with Crippen LogP contribution in [0.15, 0.2) is 70.6 Å². The van der Waals surface area contributed by atoms with Crippen LogP contribution < -0.4 is 10.1 Å². The van der Waals surface area contributed by atoms with Crippen molar-refractivity contribution >= 4 is 74.5 Å². The Bertz CT molecular complexity index is 1340. The number of nitrogens with one attached hydrogen (secondary N) is 1. The molecule has 172 valence electrons. The average molecular weight is 606 g/mol. The highest BCUT2D eigenvalue weighted by Crippen LogP contribution is 2.32. The van der Waals surface area contributed by atoms with Gasteiger partial charge in [-0.3, -0.25) is 14.9 Å². The van der Waals surface area contributed by atoms with E-state index in [0.29, 0.717) is 26.5 Å². The molecule has 1 N–H and O–H groups in total. The number of hydrogen-bond acceptors (Lipinski definition) is 6. The van der Waals surface area contributed by atoms with Gasteiger partial charge in [0.15, 0.2) is 5.17 Å². The summed E-state index contributed by atoms with van der Waals surface area (Å²) in [6.07, 6.45) is 1.80. The third kappa shape index (κ3) is 5.78. The van der Waals surface area contributed by atoms with E-state index in [0.717, 1.165) is 20.3 Å². The van der Waals surface area contributed by atoms with Gasteiger partial charge in [-0.1, -0.05) is 23.7 Å². The van der Waals surface area contributed by atoms with Crippen LogP contribution in [0.5, 0.6) is 5.75 Å². The molecule has 1 fully saturated rings. The zero-order valence-electron chi connectivity index (χ0n) is 17.7. The number of amidine groups is 1. The number of halogens is 2. The van der Waals surface area contributed by atoms with E-state index in [2.05, 4.69) is 32.9 Å². The van der Waals surface area contributed by atoms with Gasteiger partial charge < -0.3 is 10.1 Å². The topological polar surface area (TPSA) is 93.8 Å². The number of nitrogens with zero attached hydrogens (tertiary/aromatic N) is 2. The Morgan fingerprint density at radius 3 is 2.68 bits per heavy atom. The Balaban J connectivity index is 1.44. The molecule has 0 saturated carbocycles. The number of nitro benzene ring substituents is 1. The molecular formula is C24H17ClIN3O4S. The van der Waals surface area contributed by atoms with Gasteiger partial charge in [-0.15, -0.1) is 0 Å². The van der Waals surface area contributed by atoms with Crippen molar-refractivity contribution in [1.29, 1.82) is 0 Å². The summed E-state index contributed by atoms with van der Waals surface area (Å²) in [5.41, 5.74) is 3.28. The maximum atomic E-state index is 12.4. The summed E-state index contributed by atoms with van der Waals surface area (Å²) < 4.78 is 6.74. The number of aliphatic imine (C=N–C) groups is 1. The molecule has 3 aromatic rings. The van der Waals surface area contributed by atoms with E-state index in [1.54, 1.807) is 24.3 Å². The summed E-state index contributed by atoms with van der Waals surface area (Å²) in [5, 5.41) is 14.7. The minimum atomic E-state index is -0.434. The molecule has 1 aliphatic rings. The summed E-state index contributed by atoms with van der Waals surface area (Å²) in [4.78, 5) is 27.8. The predicted octanol–water partition coefficient (Wildman–Crippen LogP) is 6.63. The van der Waals surface area contributed by atoms with Crippen molar-refractivity contribution in [1.82, 2.24) is 5.32 Å². The average Bonchev–Trinajstić information content (AvgIpc) is 3.15. The minimum Gasteiger partial charge on any atom is -0.488 e. The van der Waals surface area contributed by atoms with E-state index >= 15 is 0 Å². The molecule has 0 aromatic heterocycles. The Hall–Kier alpha value is -2.89. The standard InChI is InChI=1S/C24H17ClIN3O4S/c1-14-18(25)3-2-4-20(14)27-24-28-23(30)22(34-24)12-16-7-10-21(19(26)11-16)33-13-15-5-8-17(9-6-15)29(31)32/h2-12H,13H2,1H3,(H,27,28,30)/b22-12+. The first-order chi connectivity index (χ1) is 16.3. The maximum Gasteiger partial charge on any atom is 0.269 e. The monoisotopic (exact) mass is 605 g/mol. The first-order valence-corrected chi connectivity index (χ1v) is 12.3. The molecule has 4 rings (SSSR count). The first kappa shape index (κ1) is 24.2. The van der Waals surface area contributed by atoms with E-state index in [4.69, 9.17) is 16.3 Å². The lowest BCUT2D eigenvalue weighted by molar-refractivity contribution is -0.384. The molecule has 0 spiro atoms. The number of amides is 1. The molecule has 1 aliphatic heterocycles. The van der Waals surface area contributed by atoms with Crippen LogP contribution in [0.3, 0.4) is 0 Å². The smallest absolute Gasteiger partial charge is 0.269 e. The van der Waals surface area contributed by atoms with Crippen molar-refractivity contribution in [3.05, 3.63) is 101 Å². The maximum absolute atomic E-state index is 12.4. The fourth-order valence-electron chi connectivity index (χ4n) is 3.06. The quantitative estimate of drug-likeness (QED) is 0.147. The summed E-state index contributed by atoms with van der Waals surface area (Å²) in [6.45, 7) is 2.17. The normalized spacial score (nSPS) is 15.6. The molecule has 1 saturated heterocycles. The number of thioether (sulfide) groups is 1. The zero-order valence-corrected chi connectivity index (χ0v) is 21.5. The molecular weight excluding hydrogens is 589 g/mol. The molecule has 0 aliphatic carbocycles. The number of non-ortho nitro benzene ring substituents is 1. The lowest BCUT2D eigenvalue weighted by atomic mass is 10.2. The van der Waals surface area contributed by atoms with Gasteiger partial charge in [0, 0.05) is 17.2 Å². The van der Waals surface area contributed by atoms with Crippen molar-refractivity contribution < 1.29 is 14.5 Å². The molecule has 1 heterocycles. The van der Waals surface area contributed by atoms with E-state index in [1.807, 2.05) is 37.3 Å². The molecule has 10 heteroatoms. The van der Waals surface area contributed by atoms with E-state index in [1.165, 1.54) is 23.9 Å². The first-order valence-electron chi connectivity index (χ1n) is 10.0. The van der Waals surface area contributed by atoms with E-state index < -0.39 is 4.92 Å². The number of nitro groups is 1. The molecule has 0 atom stereocenters. The van der Waals surface area contributed by atoms with Gasteiger partial charge in [0.05, 0.1) is 19.1 Å². The molecule has 0 radical (unpaired) electrons. The van der Waals surface area contributed by atoms with Crippen LogP contribution in [0.4, 0.5) is 11.4 Å². The van der Waals surface area contributed by atoms with Gasteiger partial charge in [0.2, 0.25) is 0 Å². The minimum absolute atomic E-state index is 0.0421. The van der Waals surface area contributed by atoms with Gasteiger partial charge in [-0.2, -0.15) is 0 Å². The van der Waals surface area contributed by atoms with Crippen LogP contribution in [0.25, 0.3) is 6.08 Å². The molecule has 7 nitrogen and oxygen atoms in total. The molecule has 0 bridgehead atoms.